The number of hydrogen-bond acceptors (Lipinski definition) is 4. The van der Waals surface area contributed by atoms with Crippen molar-refractivity contribution >= 4 is 23.3 Å². The zero-order valence-corrected chi connectivity index (χ0v) is 14.7. The summed E-state index contributed by atoms with van der Waals surface area (Å²) in [7, 11) is 1.84. The number of halogens is 1. The summed E-state index contributed by atoms with van der Waals surface area (Å²) in [6.45, 7) is 1.72. The van der Waals surface area contributed by atoms with Gasteiger partial charge in [0, 0.05) is 18.2 Å². The molecule has 1 aromatic carbocycles. The van der Waals surface area contributed by atoms with E-state index >= 15 is 0 Å². The van der Waals surface area contributed by atoms with Crippen molar-refractivity contribution in [3.05, 3.63) is 51.9 Å². The van der Waals surface area contributed by atoms with E-state index in [4.69, 9.17) is 16.1 Å². The summed E-state index contributed by atoms with van der Waals surface area (Å²) in [4.78, 5) is 13.0. The Morgan fingerprint density at radius 2 is 2.12 bits per heavy atom. The molecule has 2 aromatic heterocycles. The number of amides is 1. The first-order chi connectivity index (χ1) is 12.1. The third kappa shape index (κ3) is 2.62. The Bertz CT molecular complexity index is 974. The highest BCUT2D eigenvalue weighted by molar-refractivity contribution is 6.33. The maximum absolute atomic E-state index is 13.0. The molecule has 1 N–H and O–H groups in total. The number of anilines is 1. The molecule has 3 aromatic rings. The molecule has 7 heteroatoms. The van der Waals surface area contributed by atoms with Gasteiger partial charge in [0.1, 0.15) is 22.8 Å². The number of aryl methyl sites for hydroxylation is 3. The smallest absolute Gasteiger partial charge is 0.262 e. The number of aromatic nitrogens is 3. The Kier molecular flexibility index (Phi) is 3.84. The molecule has 0 saturated carbocycles. The van der Waals surface area contributed by atoms with Crippen molar-refractivity contribution in [2.75, 3.05) is 5.32 Å². The Morgan fingerprint density at radius 3 is 2.92 bits per heavy atom. The highest BCUT2D eigenvalue weighted by Crippen LogP contribution is 2.33. The molecule has 6 nitrogen and oxygen atoms in total. The van der Waals surface area contributed by atoms with Gasteiger partial charge in [-0.05, 0) is 32.3 Å². The molecule has 4 rings (SSSR count). The normalized spacial score (nSPS) is 13.1. The van der Waals surface area contributed by atoms with E-state index in [1.54, 1.807) is 17.7 Å². The number of fused-ring (bicyclic) bond motifs is 1. The number of nitrogens with zero attached hydrogens (tertiary/aromatic N) is 3. The van der Waals surface area contributed by atoms with Gasteiger partial charge >= 0.3 is 0 Å². The molecule has 0 spiro atoms. The monoisotopic (exact) mass is 356 g/mol. The van der Waals surface area contributed by atoms with Crippen molar-refractivity contribution in [2.45, 2.75) is 26.2 Å². The minimum absolute atomic E-state index is 0.272. The predicted octanol–water partition coefficient (Wildman–Crippen LogP) is 3.78. The zero-order chi connectivity index (χ0) is 17.6. The van der Waals surface area contributed by atoms with E-state index in [9.17, 15) is 4.79 Å². The average molecular weight is 357 g/mol. The lowest BCUT2D eigenvalue weighted by Gasteiger charge is -2.08. The van der Waals surface area contributed by atoms with Gasteiger partial charge in [0.2, 0.25) is 0 Å². The fourth-order valence-electron chi connectivity index (χ4n) is 3.32. The maximum Gasteiger partial charge on any atom is 0.262 e. The summed E-state index contributed by atoms with van der Waals surface area (Å²) < 4.78 is 7.00. The van der Waals surface area contributed by atoms with Gasteiger partial charge in [0.05, 0.1) is 10.7 Å². The fourth-order valence-corrected chi connectivity index (χ4v) is 3.55. The third-order valence-electron chi connectivity index (χ3n) is 4.52. The van der Waals surface area contributed by atoms with Gasteiger partial charge in [0.15, 0.2) is 0 Å². The minimum Gasteiger partial charge on any atom is -0.360 e. The van der Waals surface area contributed by atoms with Crippen LogP contribution in [0.2, 0.25) is 5.02 Å². The summed E-state index contributed by atoms with van der Waals surface area (Å²) in [5.74, 6) is 0.917. The lowest BCUT2D eigenvalue weighted by Crippen LogP contribution is -2.17. The van der Waals surface area contributed by atoms with Crippen molar-refractivity contribution in [2.24, 2.45) is 7.05 Å². The maximum atomic E-state index is 13.0. The van der Waals surface area contributed by atoms with E-state index in [0.717, 1.165) is 36.3 Å². The van der Waals surface area contributed by atoms with E-state index in [-0.39, 0.29) is 5.91 Å². The Labute approximate surface area is 149 Å². The first-order valence-electron chi connectivity index (χ1n) is 8.13. The van der Waals surface area contributed by atoms with Crippen LogP contribution in [-0.4, -0.2) is 20.8 Å². The molecule has 0 radical (unpaired) electrons. The second-order valence-corrected chi connectivity index (χ2v) is 6.55. The molecule has 2 heterocycles. The first kappa shape index (κ1) is 15.9. The number of hydrogen-bond donors (Lipinski definition) is 1. The zero-order valence-electron chi connectivity index (χ0n) is 14.0. The van der Waals surface area contributed by atoms with Crippen LogP contribution in [0, 0.1) is 6.92 Å². The molecular formula is C18H17ClN4O2. The number of nitrogens with one attached hydrogen (secondary N) is 1. The topological polar surface area (TPSA) is 73.0 Å². The highest BCUT2D eigenvalue weighted by Gasteiger charge is 2.27. The van der Waals surface area contributed by atoms with Crippen molar-refractivity contribution in [1.29, 1.82) is 0 Å². The lowest BCUT2D eigenvalue weighted by molar-refractivity contribution is 0.102. The summed E-state index contributed by atoms with van der Waals surface area (Å²) in [5.41, 5.74) is 3.68. The van der Waals surface area contributed by atoms with E-state index < -0.39 is 0 Å². The van der Waals surface area contributed by atoms with Crippen LogP contribution in [0.1, 0.15) is 33.8 Å². The van der Waals surface area contributed by atoms with E-state index in [0.29, 0.717) is 27.6 Å². The second-order valence-electron chi connectivity index (χ2n) is 6.15. The van der Waals surface area contributed by atoms with Crippen LogP contribution in [-0.2, 0) is 19.9 Å². The third-order valence-corrected chi connectivity index (χ3v) is 4.85. The van der Waals surface area contributed by atoms with Gasteiger partial charge in [-0.1, -0.05) is 35.0 Å². The molecule has 1 aliphatic carbocycles. The van der Waals surface area contributed by atoms with Crippen LogP contribution in [0.3, 0.4) is 0 Å². The minimum atomic E-state index is -0.272. The Hall–Kier alpha value is -2.60. The number of rotatable bonds is 3. The molecule has 0 bridgehead atoms. The quantitative estimate of drug-likeness (QED) is 0.775. The molecule has 1 aliphatic rings. The molecule has 0 aliphatic heterocycles. The van der Waals surface area contributed by atoms with Gasteiger partial charge in [-0.15, -0.1) is 0 Å². The average Bonchev–Trinajstić information content (AvgIpc) is 3.25. The molecule has 0 unspecified atom stereocenters. The van der Waals surface area contributed by atoms with Crippen LogP contribution < -0.4 is 5.32 Å². The lowest BCUT2D eigenvalue weighted by atomic mass is 10.1. The summed E-state index contributed by atoms with van der Waals surface area (Å²) in [6, 6.07) is 7.26. The number of carbonyl (C=O) groups excluding carboxylic acids is 1. The summed E-state index contributed by atoms with van der Waals surface area (Å²) in [6.07, 6.45) is 2.95. The molecule has 0 fully saturated rings. The fraction of sp³-hybridized carbons (Fsp3) is 0.278. The Morgan fingerprint density at radius 1 is 1.32 bits per heavy atom. The predicted molar refractivity (Wildman–Crippen MR) is 94.9 cm³/mol. The number of carbonyl (C=O) groups is 1. The molecule has 0 atom stereocenters. The molecule has 1 amide bonds. The van der Waals surface area contributed by atoms with Crippen LogP contribution >= 0.6 is 11.6 Å². The van der Waals surface area contributed by atoms with E-state index in [1.165, 1.54) is 0 Å². The second kappa shape index (κ2) is 6.04. The van der Waals surface area contributed by atoms with Crippen molar-refractivity contribution in [1.82, 2.24) is 14.9 Å². The van der Waals surface area contributed by atoms with Crippen molar-refractivity contribution in [3.63, 3.8) is 0 Å². The Balaban J connectivity index is 1.73. The van der Waals surface area contributed by atoms with Gasteiger partial charge < -0.3 is 9.84 Å². The van der Waals surface area contributed by atoms with Gasteiger partial charge in [-0.3, -0.25) is 9.48 Å². The largest absolute Gasteiger partial charge is 0.360 e. The van der Waals surface area contributed by atoms with Crippen LogP contribution in [0.25, 0.3) is 11.3 Å². The van der Waals surface area contributed by atoms with E-state index in [1.807, 2.05) is 25.2 Å². The SMILES string of the molecule is Cc1onc(-c2ccccc2Cl)c1C(=O)Nc1c2c(nn1C)CCC2. The summed E-state index contributed by atoms with van der Waals surface area (Å²) in [5, 5.41) is 12.0. The van der Waals surface area contributed by atoms with Gasteiger partial charge in [-0.2, -0.15) is 5.10 Å². The molecule has 25 heavy (non-hydrogen) atoms. The molecule has 128 valence electrons. The van der Waals surface area contributed by atoms with Crippen molar-refractivity contribution in [3.8, 4) is 11.3 Å². The van der Waals surface area contributed by atoms with Crippen molar-refractivity contribution < 1.29 is 9.32 Å². The molecule has 0 saturated heterocycles. The van der Waals surface area contributed by atoms with Crippen LogP contribution in [0.15, 0.2) is 28.8 Å². The van der Waals surface area contributed by atoms with Crippen LogP contribution in [0.5, 0.6) is 0 Å². The summed E-state index contributed by atoms with van der Waals surface area (Å²) >= 11 is 6.26. The first-order valence-corrected chi connectivity index (χ1v) is 8.51. The van der Waals surface area contributed by atoms with Crippen LogP contribution in [0.4, 0.5) is 5.82 Å². The highest BCUT2D eigenvalue weighted by atomic mass is 35.5. The standard InChI is InChI=1S/C18H17ClN4O2/c1-10-15(16(22-25-10)11-6-3-4-8-13(11)19)18(24)20-17-12-7-5-9-14(12)21-23(17)2/h3-4,6,8H,5,7,9H2,1-2H3,(H,20,24). The number of benzene rings is 1. The van der Waals surface area contributed by atoms with Gasteiger partial charge in [0.25, 0.3) is 5.91 Å². The van der Waals surface area contributed by atoms with E-state index in [2.05, 4.69) is 15.6 Å². The van der Waals surface area contributed by atoms with Gasteiger partial charge in [-0.25, -0.2) is 0 Å². The molecular weight excluding hydrogens is 340 g/mol.